The van der Waals surface area contributed by atoms with Crippen molar-refractivity contribution in [3.8, 4) is 5.75 Å². The van der Waals surface area contributed by atoms with Gasteiger partial charge in [-0.05, 0) is 43.3 Å². The summed E-state index contributed by atoms with van der Waals surface area (Å²) >= 11 is 0. The topological polar surface area (TPSA) is 119 Å². The van der Waals surface area contributed by atoms with Crippen LogP contribution >= 0.6 is 0 Å². The molecule has 2 N–H and O–H groups in total. The van der Waals surface area contributed by atoms with Crippen LogP contribution in [0.25, 0.3) is 0 Å². The van der Waals surface area contributed by atoms with E-state index in [1.165, 1.54) is 36.4 Å². The second-order valence-electron chi connectivity index (χ2n) is 4.71. The number of rotatable bonds is 6. The van der Waals surface area contributed by atoms with Gasteiger partial charge < -0.3 is 15.2 Å². The molecular weight excluding hydrogens is 316 g/mol. The minimum atomic E-state index is -1.07. The molecule has 2 aromatic carbocycles. The van der Waals surface area contributed by atoms with Crippen LogP contribution in [0.15, 0.2) is 42.5 Å². The number of anilines is 1. The zero-order valence-corrected chi connectivity index (χ0v) is 12.7. The van der Waals surface area contributed by atoms with Crippen molar-refractivity contribution < 1.29 is 24.4 Å². The van der Waals surface area contributed by atoms with Crippen molar-refractivity contribution in [1.82, 2.24) is 0 Å². The lowest BCUT2D eigenvalue weighted by Gasteiger charge is -2.08. The Labute approximate surface area is 136 Å². The number of aromatic carboxylic acids is 1. The molecule has 0 saturated heterocycles. The first kappa shape index (κ1) is 16.9. The van der Waals surface area contributed by atoms with E-state index in [9.17, 15) is 19.7 Å². The van der Waals surface area contributed by atoms with Gasteiger partial charge in [0.05, 0.1) is 17.1 Å². The molecule has 0 radical (unpaired) electrons. The predicted octanol–water partition coefficient (Wildman–Crippen LogP) is 2.94. The first-order valence-corrected chi connectivity index (χ1v) is 6.98. The number of nitro groups is 1. The van der Waals surface area contributed by atoms with Crippen molar-refractivity contribution in [2.75, 3.05) is 11.9 Å². The molecule has 0 heterocycles. The second kappa shape index (κ2) is 7.23. The van der Waals surface area contributed by atoms with E-state index >= 15 is 0 Å². The van der Waals surface area contributed by atoms with E-state index in [0.717, 1.165) is 6.07 Å². The number of carboxylic acids is 1. The number of hydrogen-bond acceptors (Lipinski definition) is 5. The molecule has 0 aliphatic heterocycles. The molecule has 2 rings (SSSR count). The fraction of sp³-hybridized carbons (Fsp3) is 0.125. The monoisotopic (exact) mass is 330 g/mol. The third-order valence-corrected chi connectivity index (χ3v) is 3.11. The van der Waals surface area contributed by atoms with Crippen molar-refractivity contribution in [1.29, 1.82) is 0 Å². The molecule has 0 aliphatic carbocycles. The van der Waals surface area contributed by atoms with E-state index in [4.69, 9.17) is 9.84 Å². The fourth-order valence-electron chi connectivity index (χ4n) is 1.98. The van der Waals surface area contributed by atoms with Gasteiger partial charge in [0, 0.05) is 17.3 Å². The number of nitro benzene ring substituents is 1. The Morgan fingerprint density at radius 2 is 1.79 bits per heavy atom. The molecule has 0 saturated carbocycles. The zero-order valence-electron chi connectivity index (χ0n) is 12.7. The Kier molecular flexibility index (Phi) is 5.10. The number of ether oxygens (including phenoxy) is 1. The van der Waals surface area contributed by atoms with Gasteiger partial charge in [0.25, 0.3) is 5.91 Å². The van der Waals surface area contributed by atoms with Gasteiger partial charge in [-0.3, -0.25) is 14.9 Å². The quantitative estimate of drug-likeness (QED) is 0.621. The number of nitrogens with zero attached hydrogens (tertiary/aromatic N) is 1. The Balaban J connectivity index is 2.21. The van der Waals surface area contributed by atoms with Crippen LogP contribution in [0.3, 0.4) is 0 Å². The number of hydrogen-bond donors (Lipinski definition) is 2. The van der Waals surface area contributed by atoms with Crippen molar-refractivity contribution in [2.45, 2.75) is 6.92 Å². The van der Waals surface area contributed by atoms with Crippen LogP contribution in [-0.2, 0) is 0 Å². The molecule has 2 aromatic rings. The fourth-order valence-corrected chi connectivity index (χ4v) is 1.98. The standard InChI is InChI=1S/C16H14N2O6/c1-2-24-14-8-5-11(9-13(14)18(22)23)15(19)17-12-6-3-10(4-7-12)16(20)21/h3-9H,2H2,1H3,(H,17,19)(H,20,21). The molecule has 0 atom stereocenters. The minimum Gasteiger partial charge on any atom is -0.487 e. The molecule has 0 aromatic heterocycles. The summed E-state index contributed by atoms with van der Waals surface area (Å²) in [5.41, 5.74) is 0.254. The number of carbonyl (C=O) groups excluding carboxylic acids is 1. The summed E-state index contributed by atoms with van der Waals surface area (Å²) in [6, 6.07) is 9.47. The van der Waals surface area contributed by atoms with Gasteiger partial charge >= 0.3 is 11.7 Å². The van der Waals surface area contributed by atoms with E-state index < -0.39 is 16.8 Å². The van der Waals surface area contributed by atoms with Crippen molar-refractivity contribution in [3.63, 3.8) is 0 Å². The van der Waals surface area contributed by atoms with E-state index in [1.807, 2.05) is 0 Å². The molecule has 124 valence electrons. The maximum atomic E-state index is 12.2. The number of benzene rings is 2. The number of carbonyl (C=O) groups is 2. The Bertz CT molecular complexity index is 786. The summed E-state index contributed by atoms with van der Waals surface area (Å²) in [4.78, 5) is 33.4. The van der Waals surface area contributed by atoms with Gasteiger partial charge in [0.15, 0.2) is 5.75 Å². The molecule has 8 heteroatoms. The maximum absolute atomic E-state index is 12.2. The lowest BCUT2D eigenvalue weighted by Crippen LogP contribution is -2.12. The summed E-state index contributed by atoms with van der Waals surface area (Å²) in [5, 5.41) is 22.4. The van der Waals surface area contributed by atoms with Gasteiger partial charge in [0.1, 0.15) is 0 Å². The Morgan fingerprint density at radius 1 is 1.17 bits per heavy atom. The van der Waals surface area contributed by atoms with Crippen LogP contribution in [-0.4, -0.2) is 28.5 Å². The lowest BCUT2D eigenvalue weighted by molar-refractivity contribution is -0.385. The van der Waals surface area contributed by atoms with Crippen molar-refractivity contribution >= 4 is 23.3 Å². The van der Waals surface area contributed by atoms with E-state index in [-0.39, 0.29) is 29.2 Å². The van der Waals surface area contributed by atoms with Gasteiger partial charge in [-0.1, -0.05) is 0 Å². The van der Waals surface area contributed by atoms with E-state index in [2.05, 4.69) is 5.32 Å². The summed E-state index contributed by atoms with van der Waals surface area (Å²) in [6.07, 6.45) is 0. The molecule has 0 aliphatic rings. The predicted molar refractivity (Wildman–Crippen MR) is 85.6 cm³/mol. The average Bonchev–Trinajstić information content (AvgIpc) is 2.55. The highest BCUT2D eigenvalue weighted by Crippen LogP contribution is 2.28. The third-order valence-electron chi connectivity index (χ3n) is 3.11. The largest absolute Gasteiger partial charge is 0.487 e. The highest BCUT2D eigenvalue weighted by atomic mass is 16.6. The summed E-state index contributed by atoms with van der Waals surface area (Å²) < 4.78 is 5.16. The second-order valence-corrected chi connectivity index (χ2v) is 4.71. The molecule has 0 fully saturated rings. The maximum Gasteiger partial charge on any atom is 0.335 e. The van der Waals surface area contributed by atoms with Crippen LogP contribution in [0.2, 0.25) is 0 Å². The lowest BCUT2D eigenvalue weighted by atomic mass is 10.1. The molecular formula is C16H14N2O6. The first-order chi connectivity index (χ1) is 11.4. The average molecular weight is 330 g/mol. The van der Waals surface area contributed by atoms with Crippen molar-refractivity contribution in [3.05, 3.63) is 63.7 Å². The first-order valence-electron chi connectivity index (χ1n) is 6.98. The molecule has 0 bridgehead atoms. The van der Waals surface area contributed by atoms with E-state index in [0.29, 0.717) is 5.69 Å². The third kappa shape index (κ3) is 3.86. The van der Waals surface area contributed by atoms with Crippen LogP contribution in [0.4, 0.5) is 11.4 Å². The van der Waals surface area contributed by atoms with E-state index in [1.54, 1.807) is 6.92 Å². The van der Waals surface area contributed by atoms with Crippen molar-refractivity contribution in [2.24, 2.45) is 0 Å². The molecule has 1 amide bonds. The number of carboxylic acid groups (broad SMARTS) is 1. The molecule has 0 unspecified atom stereocenters. The molecule has 0 spiro atoms. The van der Waals surface area contributed by atoms with Gasteiger partial charge in [-0.25, -0.2) is 4.79 Å². The number of amides is 1. The molecule has 24 heavy (non-hydrogen) atoms. The summed E-state index contributed by atoms with van der Waals surface area (Å²) in [7, 11) is 0. The van der Waals surface area contributed by atoms with Gasteiger partial charge in [-0.15, -0.1) is 0 Å². The van der Waals surface area contributed by atoms with Crippen LogP contribution in [0.1, 0.15) is 27.6 Å². The minimum absolute atomic E-state index is 0.0877. The van der Waals surface area contributed by atoms with Crippen LogP contribution < -0.4 is 10.1 Å². The number of nitrogens with one attached hydrogen (secondary N) is 1. The summed E-state index contributed by atoms with van der Waals surface area (Å²) in [5.74, 6) is -1.54. The Morgan fingerprint density at radius 3 is 2.33 bits per heavy atom. The van der Waals surface area contributed by atoms with Crippen LogP contribution in [0.5, 0.6) is 5.75 Å². The molecule has 8 nitrogen and oxygen atoms in total. The highest BCUT2D eigenvalue weighted by molar-refractivity contribution is 6.05. The normalized spacial score (nSPS) is 10.0. The summed E-state index contributed by atoms with van der Waals surface area (Å²) in [6.45, 7) is 1.97. The van der Waals surface area contributed by atoms with Gasteiger partial charge in [-0.2, -0.15) is 0 Å². The highest BCUT2D eigenvalue weighted by Gasteiger charge is 2.18. The SMILES string of the molecule is CCOc1ccc(C(=O)Nc2ccc(C(=O)O)cc2)cc1[N+](=O)[O-]. The van der Waals surface area contributed by atoms with Crippen LogP contribution in [0, 0.1) is 10.1 Å². The Hall–Kier alpha value is -3.42. The zero-order chi connectivity index (χ0) is 17.7. The van der Waals surface area contributed by atoms with Gasteiger partial charge in [0.2, 0.25) is 0 Å². The smallest absolute Gasteiger partial charge is 0.335 e.